The third-order valence-electron chi connectivity index (χ3n) is 2.06. The molecular weight excluding hydrogens is 176 g/mol. The first kappa shape index (κ1) is 11.1. The predicted octanol–water partition coefficient (Wildman–Crippen LogP) is 2.40. The SMILES string of the molecule is CCOc1cccc(CC[C@@H](C)O)c1. The second-order valence-electron chi connectivity index (χ2n) is 3.47. The van der Waals surface area contributed by atoms with Crippen molar-refractivity contribution in [2.75, 3.05) is 6.61 Å². The molecule has 0 saturated heterocycles. The van der Waals surface area contributed by atoms with Crippen LogP contribution in [0.5, 0.6) is 5.75 Å². The highest BCUT2D eigenvalue weighted by molar-refractivity contribution is 5.28. The molecule has 0 aromatic heterocycles. The van der Waals surface area contributed by atoms with Crippen LogP contribution >= 0.6 is 0 Å². The van der Waals surface area contributed by atoms with Crippen molar-refractivity contribution in [2.45, 2.75) is 32.8 Å². The Labute approximate surface area is 85.5 Å². The summed E-state index contributed by atoms with van der Waals surface area (Å²) in [5.74, 6) is 0.913. The lowest BCUT2D eigenvalue weighted by Gasteiger charge is -2.07. The molecule has 0 radical (unpaired) electrons. The van der Waals surface area contributed by atoms with Crippen LogP contribution in [-0.2, 0) is 6.42 Å². The Balaban J connectivity index is 2.54. The van der Waals surface area contributed by atoms with Crippen LogP contribution < -0.4 is 4.74 Å². The summed E-state index contributed by atoms with van der Waals surface area (Å²) in [5.41, 5.74) is 1.22. The maximum atomic E-state index is 9.16. The zero-order chi connectivity index (χ0) is 10.4. The van der Waals surface area contributed by atoms with Crippen molar-refractivity contribution in [3.63, 3.8) is 0 Å². The maximum Gasteiger partial charge on any atom is 0.119 e. The van der Waals surface area contributed by atoms with Gasteiger partial charge in [0.2, 0.25) is 0 Å². The summed E-state index contributed by atoms with van der Waals surface area (Å²) < 4.78 is 5.39. The molecule has 0 fully saturated rings. The van der Waals surface area contributed by atoms with Crippen LogP contribution in [0.4, 0.5) is 0 Å². The monoisotopic (exact) mass is 194 g/mol. The number of aliphatic hydroxyl groups is 1. The van der Waals surface area contributed by atoms with Crippen molar-refractivity contribution in [2.24, 2.45) is 0 Å². The van der Waals surface area contributed by atoms with Gasteiger partial charge in [0.1, 0.15) is 5.75 Å². The molecule has 0 spiro atoms. The zero-order valence-electron chi connectivity index (χ0n) is 8.86. The number of rotatable bonds is 5. The second kappa shape index (κ2) is 5.66. The Kier molecular flexibility index (Phi) is 4.47. The Hall–Kier alpha value is -1.02. The van der Waals surface area contributed by atoms with Gasteiger partial charge in [0.05, 0.1) is 12.7 Å². The highest BCUT2D eigenvalue weighted by Crippen LogP contribution is 2.14. The standard InChI is InChI=1S/C12H18O2/c1-3-14-12-6-4-5-11(9-12)8-7-10(2)13/h4-6,9-10,13H,3,7-8H2,1-2H3/t10-/m1/s1. The van der Waals surface area contributed by atoms with Crippen molar-refractivity contribution in [1.82, 2.24) is 0 Å². The molecule has 0 bridgehead atoms. The van der Waals surface area contributed by atoms with E-state index in [0.29, 0.717) is 6.61 Å². The van der Waals surface area contributed by atoms with E-state index in [-0.39, 0.29) is 6.10 Å². The summed E-state index contributed by atoms with van der Waals surface area (Å²) in [5, 5.41) is 9.16. The molecule has 0 aliphatic carbocycles. The van der Waals surface area contributed by atoms with Crippen LogP contribution in [0.1, 0.15) is 25.8 Å². The first-order valence-corrected chi connectivity index (χ1v) is 5.12. The van der Waals surface area contributed by atoms with Crippen molar-refractivity contribution in [3.05, 3.63) is 29.8 Å². The fourth-order valence-electron chi connectivity index (χ4n) is 1.33. The van der Waals surface area contributed by atoms with Gasteiger partial charge in [-0.3, -0.25) is 0 Å². The molecule has 1 aromatic rings. The van der Waals surface area contributed by atoms with Gasteiger partial charge in [0, 0.05) is 0 Å². The quantitative estimate of drug-likeness (QED) is 0.780. The number of hydrogen-bond acceptors (Lipinski definition) is 2. The normalized spacial score (nSPS) is 12.5. The molecule has 0 unspecified atom stereocenters. The summed E-state index contributed by atoms with van der Waals surface area (Å²) in [7, 11) is 0. The van der Waals surface area contributed by atoms with Gasteiger partial charge in [-0.25, -0.2) is 0 Å². The minimum absolute atomic E-state index is 0.231. The van der Waals surface area contributed by atoms with Crippen LogP contribution in [-0.4, -0.2) is 17.8 Å². The van der Waals surface area contributed by atoms with Crippen LogP contribution in [0.25, 0.3) is 0 Å². The van der Waals surface area contributed by atoms with Gasteiger partial charge in [-0.15, -0.1) is 0 Å². The third-order valence-corrected chi connectivity index (χ3v) is 2.06. The van der Waals surface area contributed by atoms with Crippen LogP contribution in [0.15, 0.2) is 24.3 Å². The summed E-state index contributed by atoms with van der Waals surface area (Å²) in [6.45, 7) is 4.48. The molecule has 0 saturated carbocycles. The molecule has 78 valence electrons. The Morgan fingerprint density at radius 3 is 2.86 bits per heavy atom. The van der Waals surface area contributed by atoms with Crippen molar-refractivity contribution in [3.8, 4) is 5.75 Å². The number of benzene rings is 1. The minimum atomic E-state index is -0.231. The zero-order valence-corrected chi connectivity index (χ0v) is 8.86. The fraction of sp³-hybridized carbons (Fsp3) is 0.500. The average Bonchev–Trinajstić information content (AvgIpc) is 2.16. The molecular formula is C12H18O2. The smallest absolute Gasteiger partial charge is 0.119 e. The third kappa shape index (κ3) is 3.79. The first-order chi connectivity index (χ1) is 6.72. The van der Waals surface area contributed by atoms with E-state index in [1.165, 1.54) is 5.56 Å². The van der Waals surface area contributed by atoms with Crippen LogP contribution in [0.2, 0.25) is 0 Å². The fourth-order valence-corrected chi connectivity index (χ4v) is 1.33. The predicted molar refractivity (Wildman–Crippen MR) is 57.6 cm³/mol. The van der Waals surface area contributed by atoms with E-state index < -0.39 is 0 Å². The lowest BCUT2D eigenvalue weighted by Crippen LogP contribution is -2.01. The van der Waals surface area contributed by atoms with Crippen LogP contribution in [0.3, 0.4) is 0 Å². The van der Waals surface area contributed by atoms with Crippen molar-refractivity contribution >= 4 is 0 Å². The summed E-state index contributed by atoms with van der Waals surface area (Å²) in [4.78, 5) is 0. The van der Waals surface area contributed by atoms with E-state index >= 15 is 0 Å². The van der Waals surface area contributed by atoms with Gasteiger partial charge in [-0.2, -0.15) is 0 Å². The maximum absolute atomic E-state index is 9.16. The molecule has 1 N–H and O–H groups in total. The Morgan fingerprint density at radius 2 is 2.21 bits per heavy atom. The van der Waals surface area contributed by atoms with E-state index in [2.05, 4.69) is 6.07 Å². The Morgan fingerprint density at radius 1 is 1.43 bits per heavy atom. The van der Waals surface area contributed by atoms with E-state index in [9.17, 15) is 0 Å². The molecule has 0 heterocycles. The van der Waals surface area contributed by atoms with Crippen molar-refractivity contribution in [1.29, 1.82) is 0 Å². The molecule has 2 nitrogen and oxygen atoms in total. The van der Waals surface area contributed by atoms with Crippen molar-refractivity contribution < 1.29 is 9.84 Å². The van der Waals surface area contributed by atoms with Gasteiger partial charge < -0.3 is 9.84 Å². The molecule has 14 heavy (non-hydrogen) atoms. The molecule has 0 aliphatic rings. The second-order valence-corrected chi connectivity index (χ2v) is 3.47. The van der Waals surface area contributed by atoms with Gasteiger partial charge in [-0.05, 0) is 44.4 Å². The summed E-state index contributed by atoms with van der Waals surface area (Å²) in [6.07, 6.45) is 1.47. The largest absolute Gasteiger partial charge is 0.494 e. The van der Waals surface area contributed by atoms with E-state index in [4.69, 9.17) is 9.84 Å². The number of aliphatic hydroxyl groups excluding tert-OH is 1. The van der Waals surface area contributed by atoms with Gasteiger partial charge in [-0.1, -0.05) is 12.1 Å². The summed E-state index contributed by atoms with van der Waals surface area (Å²) >= 11 is 0. The van der Waals surface area contributed by atoms with Gasteiger partial charge in [0.25, 0.3) is 0 Å². The lowest BCUT2D eigenvalue weighted by atomic mass is 10.1. The molecule has 1 atom stereocenters. The number of ether oxygens (including phenoxy) is 1. The molecule has 2 heteroatoms. The average molecular weight is 194 g/mol. The minimum Gasteiger partial charge on any atom is -0.494 e. The van der Waals surface area contributed by atoms with Gasteiger partial charge >= 0.3 is 0 Å². The molecule has 0 aliphatic heterocycles. The number of hydrogen-bond donors (Lipinski definition) is 1. The molecule has 1 rings (SSSR count). The Bertz CT molecular complexity index is 269. The highest BCUT2D eigenvalue weighted by Gasteiger charge is 1.99. The van der Waals surface area contributed by atoms with E-state index in [1.807, 2.05) is 32.0 Å². The first-order valence-electron chi connectivity index (χ1n) is 5.12. The van der Waals surface area contributed by atoms with Gasteiger partial charge in [0.15, 0.2) is 0 Å². The summed E-state index contributed by atoms with van der Waals surface area (Å²) in [6, 6.07) is 8.04. The van der Waals surface area contributed by atoms with E-state index in [0.717, 1.165) is 18.6 Å². The lowest BCUT2D eigenvalue weighted by molar-refractivity contribution is 0.185. The number of aryl methyl sites for hydroxylation is 1. The molecule has 1 aromatic carbocycles. The topological polar surface area (TPSA) is 29.5 Å². The highest BCUT2D eigenvalue weighted by atomic mass is 16.5. The molecule has 0 amide bonds. The van der Waals surface area contributed by atoms with E-state index in [1.54, 1.807) is 0 Å². The van der Waals surface area contributed by atoms with Crippen LogP contribution in [0, 0.1) is 0 Å².